The molecule has 3 fully saturated rings. The van der Waals surface area contributed by atoms with Crippen molar-refractivity contribution in [3.63, 3.8) is 0 Å². The lowest BCUT2D eigenvalue weighted by Crippen LogP contribution is -2.59. The van der Waals surface area contributed by atoms with Crippen molar-refractivity contribution in [1.29, 1.82) is 0 Å². The van der Waals surface area contributed by atoms with Crippen LogP contribution in [-0.2, 0) is 23.9 Å². The molecule has 7 atom stereocenters. The number of carbonyl (C=O) groups is 3. The van der Waals surface area contributed by atoms with E-state index in [2.05, 4.69) is 12.2 Å². The van der Waals surface area contributed by atoms with E-state index in [4.69, 9.17) is 9.47 Å². The lowest BCUT2D eigenvalue weighted by molar-refractivity contribution is -0.162. The van der Waals surface area contributed by atoms with Gasteiger partial charge in [-0.15, -0.1) is 0 Å². The molecule has 1 spiro atoms. The number of aliphatic hydroxyl groups is 1. The molecule has 3 aliphatic rings. The number of likely N-dealkylation sites (tertiary alicyclic amines) is 1. The van der Waals surface area contributed by atoms with Crippen LogP contribution in [0.25, 0.3) is 0 Å². The first-order chi connectivity index (χ1) is 15.8. The molecular formula is C25H42N2O6. The third-order valence-corrected chi connectivity index (χ3v) is 8.33. The fourth-order valence-electron chi connectivity index (χ4n) is 6.40. The van der Waals surface area contributed by atoms with Crippen LogP contribution in [0.1, 0.15) is 79.6 Å². The van der Waals surface area contributed by atoms with E-state index in [1.54, 1.807) is 11.8 Å². The highest BCUT2D eigenvalue weighted by atomic mass is 16.6. The molecule has 0 aromatic heterocycles. The molecule has 2 unspecified atom stereocenters. The summed E-state index contributed by atoms with van der Waals surface area (Å²) in [5, 5.41) is 13.3. The quantitative estimate of drug-likeness (QED) is 0.338. The number of nitrogens with one attached hydrogen (secondary N) is 1. The summed E-state index contributed by atoms with van der Waals surface area (Å²) in [7, 11) is 0. The van der Waals surface area contributed by atoms with Crippen molar-refractivity contribution in [1.82, 2.24) is 10.2 Å². The number of aliphatic hydroxyl groups excluding tert-OH is 1. The summed E-state index contributed by atoms with van der Waals surface area (Å²) >= 11 is 0. The van der Waals surface area contributed by atoms with Gasteiger partial charge in [-0.2, -0.15) is 0 Å². The first kappa shape index (κ1) is 25.9. The van der Waals surface area contributed by atoms with Gasteiger partial charge in [-0.1, -0.05) is 47.0 Å². The smallest absolute Gasteiger partial charge is 0.312 e. The second kappa shape index (κ2) is 10.3. The number of hydrogen-bond acceptors (Lipinski definition) is 6. The molecule has 2 amide bonds. The summed E-state index contributed by atoms with van der Waals surface area (Å²) < 4.78 is 12.1. The highest BCUT2D eigenvalue weighted by molar-refractivity contribution is 5.98. The number of carbonyl (C=O) groups excluding carboxylic acids is 3. The van der Waals surface area contributed by atoms with E-state index in [9.17, 15) is 19.5 Å². The number of ether oxygens (including phenoxy) is 2. The van der Waals surface area contributed by atoms with Crippen molar-refractivity contribution < 1.29 is 29.0 Å². The van der Waals surface area contributed by atoms with Crippen LogP contribution in [-0.4, -0.2) is 70.8 Å². The van der Waals surface area contributed by atoms with Crippen molar-refractivity contribution >= 4 is 17.8 Å². The van der Waals surface area contributed by atoms with E-state index in [0.29, 0.717) is 25.8 Å². The van der Waals surface area contributed by atoms with E-state index < -0.39 is 41.1 Å². The van der Waals surface area contributed by atoms with Crippen LogP contribution in [0.3, 0.4) is 0 Å². The minimum absolute atomic E-state index is 0.0112. The lowest BCUT2D eigenvalue weighted by Gasteiger charge is -2.39. The number of esters is 1. The number of amides is 2. The van der Waals surface area contributed by atoms with Crippen molar-refractivity contribution in [2.75, 3.05) is 19.8 Å². The third-order valence-electron chi connectivity index (χ3n) is 8.33. The number of hydrogen-bond donors (Lipinski definition) is 2. The van der Waals surface area contributed by atoms with Crippen LogP contribution in [0, 0.1) is 17.8 Å². The normalized spacial score (nSPS) is 34.3. The molecular weight excluding hydrogens is 424 g/mol. The SMILES string of the molecule is CCCCCNC(=O)C1N([C@@H](CO)[C@@H](C)CC)C(=O)[C@@H]2[C@@H](C(=O)OCC)[C@@]3(CC)CCC12O3. The van der Waals surface area contributed by atoms with Gasteiger partial charge in [0.05, 0.1) is 30.8 Å². The number of nitrogens with zero attached hydrogens (tertiary/aromatic N) is 1. The van der Waals surface area contributed by atoms with Crippen molar-refractivity contribution in [3.8, 4) is 0 Å². The molecule has 3 aliphatic heterocycles. The summed E-state index contributed by atoms with van der Waals surface area (Å²) in [5.41, 5.74) is -1.86. The Balaban J connectivity index is 2.05. The summed E-state index contributed by atoms with van der Waals surface area (Å²) in [5.74, 6) is -2.46. The van der Waals surface area contributed by atoms with Gasteiger partial charge < -0.3 is 24.8 Å². The fraction of sp³-hybridized carbons (Fsp3) is 0.880. The van der Waals surface area contributed by atoms with Crippen LogP contribution in [0.2, 0.25) is 0 Å². The number of fused-ring (bicyclic) bond motifs is 1. The van der Waals surface area contributed by atoms with Crippen LogP contribution < -0.4 is 5.32 Å². The molecule has 0 radical (unpaired) electrons. The van der Waals surface area contributed by atoms with Crippen molar-refractivity contribution in [3.05, 3.63) is 0 Å². The summed E-state index contributed by atoms with van der Waals surface area (Å²) in [4.78, 5) is 42.3. The zero-order valence-electron chi connectivity index (χ0n) is 20.9. The minimum atomic E-state index is -1.07. The maximum Gasteiger partial charge on any atom is 0.312 e. The molecule has 2 N–H and O–H groups in total. The topological polar surface area (TPSA) is 105 Å². The van der Waals surface area contributed by atoms with Crippen molar-refractivity contribution in [2.45, 2.75) is 103 Å². The van der Waals surface area contributed by atoms with Gasteiger partial charge in [0.15, 0.2) is 0 Å². The van der Waals surface area contributed by atoms with Crippen LogP contribution in [0.5, 0.6) is 0 Å². The maximum atomic E-state index is 14.0. The maximum absolute atomic E-state index is 14.0. The molecule has 0 aromatic rings. The monoisotopic (exact) mass is 466 g/mol. The van der Waals surface area contributed by atoms with Crippen LogP contribution in [0.15, 0.2) is 0 Å². The summed E-state index contributed by atoms with van der Waals surface area (Å²) in [6.45, 7) is 10.3. The molecule has 2 bridgehead atoms. The molecule has 0 aromatic carbocycles. The predicted molar refractivity (Wildman–Crippen MR) is 123 cm³/mol. The first-order valence-electron chi connectivity index (χ1n) is 12.9. The molecule has 0 aliphatic carbocycles. The van der Waals surface area contributed by atoms with Gasteiger partial charge in [0.2, 0.25) is 11.8 Å². The van der Waals surface area contributed by atoms with E-state index in [1.165, 1.54) is 0 Å². The average molecular weight is 467 g/mol. The van der Waals surface area contributed by atoms with Gasteiger partial charge in [0.1, 0.15) is 17.6 Å². The molecule has 8 heteroatoms. The minimum Gasteiger partial charge on any atom is -0.466 e. The average Bonchev–Trinajstić information content (AvgIpc) is 3.41. The summed E-state index contributed by atoms with van der Waals surface area (Å²) in [6, 6.07) is -1.38. The van der Waals surface area contributed by atoms with Gasteiger partial charge in [-0.3, -0.25) is 14.4 Å². The highest BCUT2D eigenvalue weighted by Crippen LogP contribution is 2.64. The third kappa shape index (κ3) is 4.07. The van der Waals surface area contributed by atoms with Gasteiger partial charge in [0.25, 0.3) is 0 Å². The standard InChI is InChI=1S/C25H42N2O6/c1-6-10-11-14-26-21(29)20-25-13-12-24(8-3,33-25)19(23(31)32-9-4)18(25)22(30)27(20)17(15-28)16(5)7-2/h16-20,28H,6-15H2,1-5H3,(H,26,29)/t16-,17-,18-,19-,20?,24+,25?/m0/s1. The summed E-state index contributed by atoms with van der Waals surface area (Å²) in [6.07, 6.45) is 5.37. The second-order valence-electron chi connectivity index (χ2n) is 9.96. The van der Waals surface area contributed by atoms with Gasteiger partial charge in [-0.25, -0.2) is 0 Å². The van der Waals surface area contributed by atoms with E-state index >= 15 is 0 Å². The van der Waals surface area contributed by atoms with Gasteiger partial charge in [0, 0.05) is 6.54 Å². The lowest BCUT2D eigenvalue weighted by atomic mass is 9.65. The number of unbranched alkanes of at least 4 members (excludes halogenated alkanes) is 2. The Morgan fingerprint density at radius 2 is 1.97 bits per heavy atom. The molecule has 3 saturated heterocycles. The Morgan fingerprint density at radius 3 is 2.55 bits per heavy atom. The molecule has 8 nitrogen and oxygen atoms in total. The molecule has 33 heavy (non-hydrogen) atoms. The van der Waals surface area contributed by atoms with Crippen LogP contribution in [0.4, 0.5) is 0 Å². The molecule has 3 heterocycles. The zero-order chi connectivity index (χ0) is 24.4. The molecule has 0 saturated carbocycles. The van der Waals surface area contributed by atoms with E-state index in [-0.39, 0.29) is 30.9 Å². The van der Waals surface area contributed by atoms with Gasteiger partial charge in [-0.05, 0) is 38.5 Å². The Labute approximate surface area is 197 Å². The van der Waals surface area contributed by atoms with Gasteiger partial charge >= 0.3 is 5.97 Å². The Bertz CT molecular complexity index is 744. The van der Waals surface area contributed by atoms with E-state index in [0.717, 1.165) is 25.7 Å². The second-order valence-corrected chi connectivity index (χ2v) is 9.96. The zero-order valence-corrected chi connectivity index (χ0v) is 20.9. The van der Waals surface area contributed by atoms with Crippen molar-refractivity contribution in [2.24, 2.45) is 17.8 Å². The van der Waals surface area contributed by atoms with Crippen LogP contribution >= 0.6 is 0 Å². The highest BCUT2D eigenvalue weighted by Gasteiger charge is 2.79. The Morgan fingerprint density at radius 1 is 1.24 bits per heavy atom. The fourth-order valence-corrected chi connectivity index (χ4v) is 6.40. The van der Waals surface area contributed by atoms with E-state index in [1.807, 2.05) is 20.8 Å². The number of rotatable bonds is 12. The largest absolute Gasteiger partial charge is 0.466 e. The molecule has 188 valence electrons. The Kier molecular flexibility index (Phi) is 8.10. The predicted octanol–water partition coefficient (Wildman–Crippen LogP) is 2.42. The molecule has 3 rings (SSSR count). The first-order valence-corrected chi connectivity index (χ1v) is 12.9. The Hall–Kier alpha value is -1.67.